The number of benzene rings is 1. The first-order valence-corrected chi connectivity index (χ1v) is 8.10. The molecule has 0 bridgehead atoms. The monoisotopic (exact) mass is 288 g/mol. The van der Waals surface area contributed by atoms with Crippen LogP contribution in [-0.4, -0.2) is 30.5 Å². The van der Waals surface area contributed by atoms with Gasteiger partial charge >= 0.3 is 0 Å². The van der Waals surface area contributed by atoms with E-state index >= 15 is 0 Å². The van der Waals surface area contributed by atoms with E-state index < -0.39 is 0 Å². The first kappa shape index (κ1) is 14.6. The number of aromatic amines is 1. The van der Waals surface area contributed by atoms with Gasteiger partial charge in [-0.1, -0.05) is 6.42 Å². The van der Waals surface area contributed by atoms with Crippen LogP contribution >= 0.6 is 0 Å². The number of hydrogen-bond acceptors (Lipinski definition) is 1. The lowest BCUT2D eigenvalue weighted by molar-refractivity contribution is 0.381. The minimum absolute atomic E-state index is 0.124. The van der Waals surface area contributed by atoms with Crippen LogP contribution in [0.3, 0.4) is 0 Å². The molecule has 1 aliphatic rings. The zero-order chi connectivity index (χ0) is 14.8. The van der Waals surface area contributed by atoms with Crippen LogP contribution in [0.5, 0.6) is 0 Å². The van der Waals surface area contributed by atoms with Gasteiger partial charge in [0.1, 0.15) is 5.82 Å². The van der Waals surface area contributed by atoms with Crippen molar-refractivity contribution in [1.29, 1.82) is 0 Å². The Hall–Kier alpha value is -1.35. The van der Waals surface area contributed by atoms with Gasteiger partial charge in [0, 0.05) is 16.6 Å². The second-order valence-corrected chi connectivity index (χ2v) is 6.60. The van der Waals surface area contributed by atoms with Crippen LogP contribution in [0, 0.1) is 5.82 Å². The number of nitrogens with zero attached hydrogens (tertiary/aromatic N) is 1. The van der Waals surface area contributed by atoms with Crippen molar-refractivity contribution in [3.05, 3.63) is 35.3 Å². The van der Waals surface area contributed by atoms with E-state index in [1.54, 1.807) is 12.1 Å². The summed E-state index contributed by atoms with van der Waals surface area (Å²) in [5.74, 6) is 0.457. The Morgan fingerprint density at radius 3 is 2.95 bits per heavy atom. The molecule has 1 aromatic carbocycles. The summed E-state index contributed by atoms with van der Waals surface area (Å²) in [6.07, 6.45) is 7.28. The topological polar surface area (TPSA) is 19.0 Å². The first-order valence-electron chi connectivity index (χ1n) is 8.10. The Labute approximate surface area is 126 Å². The molecule has 3 rings (SSSR count). The van der Waals surface area contributed by atoms with Gasteiger partial charge in [0.05, 0.1) is 0 Å². The maximum absolute atomic E-state index is 13.7. The predicted molar refractivity (Wildman–Crippen MR) is 86.3 cm³/mol. The van der Waals surface area contributed by atoms with E-state index in [2.05, 4.69) is 24.0 Å². The second kappa shape index (κ2) is 6.18. The van der Waals surface area contributed by atoms with Gasteiger partial charge < -0.3 is 9.88 Å². The predicted octanol–water partition coefficient (Wildman–Crippen LogP) is 4.46. The van der Waals surface area contributed by atoms with Crippen LogP contribution in [0.2, 0.25) is 0 Å². The minimum atomic E-state index is -0.124. The lowest BCUT2D eigenvalue weighted by Gasteiger charge is -2.17. The van der Waals surface area contributed by atoms with Crippen LogP contribution in [0.4, 0.5) is 4.39 Å². The van der Waals surface area contributed by atoms with Crippen LogP contribution < -0.4 is 0 Å². The molecule has 1 atom stereocenters. The molecule has 1 heterocycles. The summed E-state index contributed by atoms with van der Waals surface area (Å²) < 4.78 is 13.7. The molecule has 3 heteroatoms. The highest BCUT2D eigenvalue weighted by molar-refractivity contribution is 5.85. The summed E-state index contributed by atoms with van der Waals surface area (Å²) in [5.41, 5.74) is 3.85. The van der Waals surface area contributed by atoms with Crippen molar-refractivity contribution in [1.82, 2.24) is 9.88 Å². The van der Waals surface area contributed by atoms with Crippen LogP contribution in [-0.2, 0) is 6.42 Å². The highest BCUT2D eigenvalue weighted by Crippen LogP contribution is 2.38. The summed E-state index contributed by atoms with van der Waals surface area (Å²) in [7, 11) is 4.25. The summed E-state index contributed by atoms with van der Waals surface area (Å²) in [6, 6.07) is 5.16. The zero-order valence-electron chi connectivity index (χ0n) is 13.1. The molecule has 2 nitrogen and oxygen atoms in total. The van der Waals surface area contributed by atoms with Gasteiger partial charge in [0.15, 0.2) is 0 Å². The summed E-state index contributed by atoms with van der Waals surface area (Å²) >= 11 is 0. The van der Waals surface area contributed by atoms with Crippen molar-refractivity contribution in [2.45, 2.75) is 44.4 Å². The third kappa shape index (κ3) is 3.13. The molecule has 0 fully saturated rings. The van der Waals surface area contributed by atoms with Crippen molar-refractivity contribution in [3.8, 4) is 0 Å². The Morgan fingerprint density at radius 2 is 2.14 bits per heavy atom. The van der Waals surface area contributed by atoms with E-state index in [1.807, 2.05) is 6.07 Å². The van der Waals surface area contributed by atoms with Gasteiger partial charge in [-0.2, -0.15) is 0 Å². The SMILES string of the molecule is CN(C)CCCC1CCCCc2[nH]c3ccc(F)cc3c21. The van der Waals surface area contributed by atoms with Crippen molar-refractivity contribution < 1.29 is 4.39 Å². The molecule has 0 amide bonds. The molecular weight excluding hydrogens is 263 g/mol. The number of fused-ring (bicyclic) bond motifs is 3. The van der Waals surface area contributed by atoms with Crippen LogP contribution in [0.25, 0.3) is 10.9 Å². The molecule has 1 aliphatic carbocycles. The lowest BCUT2D eigenvalue weighted by atomic mass is 9.89. The number of rotatable bonds is 4. The van der Waals surface area contributed by atoms with E-state index in [-0.39, 0.29) is 5.82 Å². The van der Waals surface area contributed by atoms with Crippen molar-refractivity contribution in [2.24, 2.45) is 0 Å². The number of halogens is 1. The summed E-state index contributed by atoms with van der Waals surface area (Å²) in [5, 5.41) is 1.11. The molecule has 1 unspecified atom stereocenters. The quantitative estimate of drug-likeness (QED) is 0.823. The molecule has 21 heavy (non-hydrogen) atoms. The van der Waals surface area contributed by atoms with Crippen molar-refractivity contribution >= 4 is 10.9 Å². The molecule has 1 N–H and O–H groups in total. The third-order valence-corrected chi connectivity index (χ3v) is 4.68. The highest BCUT2D eigenvalue weighted by Gasteiger charge is 2.23. The molecule has 0 saturated carbocycles. The zero-order valence-corrected chi connectivity index (χ0v) is 13.1. The van der Waals surface area contributed by atoms with Gasteiger partial charge in [-0.25, -0.2) is 4.39 Å². The Balaban J connectivity index is 1.93. The van der Waals surface area contributed by atoms with Crippen LogP contribution in [0.1, 0.15) is 49.3 Å². The number of nitrogens with one attached hydrogen (secondary N) is 1. The number of H-pyrrole nitrogens is 1. The van der Waals surface area contributed by atoms with Gasteiger partial charge in [-0.3, -0.25) is 0 Å². The molecule has 0 radical (unpaired) electrons. The molecule has 114 valence electrons. The smallest absolute Gasteiger partial charge is 0.123 e. The average molecular weight is 288 g/mol. The van der Waals surface area contributed by atoms with E-state index in [9.17, 15) is 4.39 Å². The van der Waals surface area contributed by atoms with E-state index in [0.717, 1.165) is 23.9 Å². The summed E-state index contributed by atoms with van der Waals surface area (Å²) in [6.45, 7) is 1.13. The largest absolute Gasteiger partial charge is 0.358 e. The number of aryl methyl sites for hydroxylation is 1. The lowest BCUT2D eigenvalue weighted by Crippen LogP contribution is -2.14. The van der Waals surface area contributed by atoms with Crippen molar-refractivity contribution in [3.63, 3.8) is 0 Å². The van der Waals surface area contributed by atoms with E-state index in [1.165, 1.54) is 43.4 Å². The average Bonchev–Trinajstić information content (AvgIpc) is 2.66. The number of hydrogen-bond donors (Lipinski definition) is 1. The fraction of sp³-hybridized carbons (Fsp3) is 0.556. The molecular formula is C18H25FN2. The van der Waals surface area contributed by atoms with Gasteiger partial charge in [-0.15, -0.1) is 0 Å². The molecule has 2 aromatic rings. The fourth-order valence-electron chi connectivity index (χ4n) is 3.68. The van der Waals surface area contributed by atoms with E-state index in [0.29, 0.717) is 5.92 Å². The Bertz CT molecular complexity index is 615. The first-order chi connectivity index (χ1) is 10.1. The van der Waals surface area contributed by atoms with Gasteiger partial charge in [0.25, 0.3) is 0 Å². The fourth-order valence-corrected chi connectivity index (χ4v) is 3.68. The Morgan fingerprint density at radius 1 is 1.29 bits per heavy atom. The minimum Gasteiger partial charge on any atom is -0.358 e. The number of aromatic nitrogens is 1. The standard InChI is InChI=1S/C18H25FN2/c1-21(2)11-5-7-13-6-3-4-8-17-18(13)15-12-14(19)9-10-16(15)20-17/h9-10,12-13,20H,3-8,11H2,1-2H3. The molecule has 0 aliphatic heterocycles. The molecule has 0 saturated heterocycles. The normalized spacial score (nSPS) is 19.0. The van der Waals surface area contributed by atoms with Gasteiger partial charge in [-0.05, 0) is 82.4 Å². The molecule has 1 aromatic heterocycles. The maximum atomic E-state index is 13.7. The van der Waals surface area contributed by atoms with E-state index in [4.69, 9.17) is 0 Å². The maximum Gasteiger partial charge on any atom is 0.123 e. The highest BCUT2D eigenvalue weighted by atomic mass is 19.1. The van der Waals surface area contributed by atoms with Crippen LogP contribution in [0.15, 0.2) is 18.2 Å². The van der Waals surface area contributed by atoms with Crippen molar-refractivity contribution in [2.75, 3.05) is 20.6 Å². The van der Waals surface area contributed by atoms with Gasteiger partial charge in [0.2, 0.25) is 0 Å². The second-order valence-electron chi connectivity index (χ2n) is 6.60. The molecule has 0 spiro atoms. The Kier molecular flexibility index (Phi) is 4.29. The summed E-state index contributed by atoms with van der Waals surface area (Å²) in [4.78, 5) is 5.78. The third-order valence-electron chi connectivity index (χ3n) is 4.68.